The fourth-order valence-corrected chi connectivity index (χ4v) is 9.46. The normalized spacial score (nSPS) is 18.8. The number of rotatable bonds is 35. The molecule has 0 aromatic heterocycles. The molecular formula is C56H77N7O13S. The molecule has 1 aliphatic heterocycles. The van der Waals surface area contributed by atoms with Crippen LogP contribution in [0, 0.1) is 11.8 Å². The summed E-state index contributed by atoms with van der Waals surface area (Å²) >= 11 is 0. The molecule has 8 atom stereocenters. The Morgan fingerprint density at radius 2 is 1.35 bits per heavy atom. The maximum Gasteiger partial charge on any atom is 0.246 e. The Morgan fingerprint density at radius 1 is 0.740 bits per heavy atom. The Bertz CT molecular complexity index is 2540. The van der Waals surface area contributed by atoms with Gasteiger partial charge in [0.1, 0.15) is 18.5 Å². The Balaban J connectivity index is 1.02. The third-order valence-electron chi connectivity index (χ3n) is 13.0. The summed E-state index contributed by atoms with van der Waals surface area (Å²) in [7, 11) is 1.44. The van der Waals surface area contributed by atoms with E-state index in [1.807, 2.05) is 104 Å². The standard InChI is InChI=1S/C56H77N7O13S/c1-39-51(76-56(72-4)54(68)53(39)67)37-75-38-52(66)58-29-31-74-33-32-73-30-13-19-49(64)48(35-41-16-9-6-10-17-41)60-55(69)42(34-40-14-7-5-8-15-40)36-50(65)47(57)18-11-12-28-59-77(70,71)46-26-22-44(23-27-46)62-61-43-20-24-45(25-21-43)63(2)3/h5-10,14-17,20-27,39,42,47-48,51,53-54,56,59,67-68H,11-13,18-19,28-38,57H2,1-4H3,(H,58,66)(H,60,69)/t39-,42-,47-,48+,51?,53+,54?,56-/m1/s1. The minimum atomic E-state index is -3.82. The van der Waals surface area contributed by atoms with Crippen LogP contribution in [0.2, 0.25) is 0 Å². The second-order valence-electron chi connectivity index (χ2n) is 19.2. The number of unbranched alkanes of at least 4 members (excludes halogenated alkanes) is 1. The van der Waals surface area contributed by atoms with Crippen molar-refractivity contribution in [3.05, 3.63) is 120 Å². The SMILES string of the molecule is CO[C@@H]1OC(COCC(=O)NCCOCCOCCCC(=O)[C@H](Cc2ccccc2)NC(=O)[C@@H](CC(=O)[C@H](N)CCCCNS(=O)(=O)c2ccc(N=Nc3ccc(N(C)C)cc3)cc2)Cc2ccccc2)[C@@H](C)[C@H](O)C1O. The fourth-order valence-electron chi connectivity index (χ4n) is 8.38. The van der Waals surface area contributed by atoms with Crippen LogP contribution >= 0.6 is 0 Å². The number of ketones is 2. The van der Waals surface area contributed by atoms with Crippen molar-refractivity contribution in [2.45, 2.75) is 99.9 Å². The molecule has 77 heavy (non-hydrogen) atoms. The molecule has 0 spiro atoms. The molecule has 1 fully saturated rings. The zero-order valence-corrected chi connectivity index (χ0v) is 45.4. The van der Waals surface area contributed by atoms with Crippen LogP contribution in [-0.4, -0.2) is 153 Å². The summed E-state index contributed by atoms with van der Waals surface area (Å²) in [5, 5.41) is 34.4. The van der Waals surface area contributed by atoms with Crippen LogP contribution in [0.1, 0.15) is 56.6 Å². The van der Waals surface area contributed by atoms with Crippen molar-refractivity contribution in [3.8, 4) is 0 Å². The van der Waals surface area contributed by atoms with Crippen LogP contribution in [0.5, 0.6) is 0 Å². The number of hydrogen-bond acceptors (Lipinski definition) is 17. The quantitative estimate of drug-likeness (QED) is 0.0268. The van der Waals surface area contributed by atoms with Gasteiger partial charge in [-0.25, -0.2) is 13.1 Å². The Kier molecular flexibility index (Phi) is 26.4. The second-order valence-corrected chi connectivity index (χ2v) is 21.0. The van der Waals surface area contributed by atoms with Crippen molar-refractivity contribution in [2.24, 2.45) is 27.8 Å². The van der Waals surface area contributed by atoms with E-state index in [1.54, 1.807) is 19.1 Å². The van der Waals surface area contributed by atoms with Gasteiger partial charge in [-0.05, 0) is 91.8 Å². The molecule has 4 aromatic rings. The van der Waals surface area contributed by atoms with E-state index in [9.17, 15) is 37.8 Å². The number of azo groups is 1. The van der Waals surface area contributed by atoms with Crippen molar-refractivity contribution >= 4 is 50.5 Å². The lowest BCUT2D eigenvalue weighted by Gasteiger charge is -2.40. The molecule has 0 saturated carbocycles. The molecular weight excluding hydrogens is 1010 g/mol. The van der Waals surface area contributed by atoms with Crippen molar-refractivity contribution in [1.82, 2.24) is 15.4 Å². The minimum absolute atomic E-state index is 0.0270. The van der Waals surface area contributed by atoms with E-state index in [-0.39, 0.29) is 107 Å². The average Bonchev–Trinajstić information content (AvgIpc) is 3.43. The number of hydrogen-bond donors (Lipinski definition) is 6. The maximum atomic E-state index is 14.2. The number of ether oxygens (including phenoxy) is 5. The molecule has 0 bridgehead atoms. The van der Waals surface area contributed by atoms with Gasteiger partial charge < -0.3 is 55.2 Å². The van der Waals surface area contributed by atoms with E-state index in [0.717, 1.165) is 16.8 Å². The first kappa shape index (κ1) is 62.0. The Hall–Kier alpha value is -5.85. The van der Waals surface area contributed by atoms with E-state index in [2.05, 4.69) is 25.6 Å². The van der Waals surface area contributed by atoms with E-state index in [4.69, 9.17) is 29.4 Å². The van der Waals surface area contributed by atoms with E-state index < -0.39 is 64.5 Å². The summed E-state index contributed by atoms with van der Waals surface area (Å²) in [6.07, 6.45) is -1.78. The number of aliphatic hydroxyl groups excluding tert-OH is 2. The summed E-state index contributed by atoms with van der Waals surface area (Å²) in [5.74, 6) is -2.54. The van der Waals surface area contributed by atoms with Gasteiger partial charge in [-0.15, -0.1) is 0 Å². The van der Waals surface area contributed by atoms with E-state index in [0.29, 0.717) is 30.6 Å². The lowest BCUT2D eigenvalue weighted by atomic mass is 9.89. The number of nitrogens with zero attached hydrogens (tertiary/aromatic N) is 3. The van der Waals surface area contributed by atoms with Crippen molar-refractivity contribution in [2.75, 3.05) is 78.8 Å². The predicted molar refractivity (Wildman–Crippen MR) is 290 cm³/mol. The van der Waals surface area contributed by atoms with Gasteiger partial charge in [-0.1, -0.05) is 74.0 Å². The third kappa shape index (κ3) is 21.5. The maximum absolute atomic E-state index is 14.2. The van der Waals surface area contributed by atoms with Crippen LogP contribution in [0.4, 0.5) is 17.1 Å². The molecule has 0 radical (unpaired) electrons. The summed E-state index contributed by atoms with van der Waals surface area (Å²) in [6, 6.07) is 30.5. The molecule has 1 aliphatic rings. The Morgan fingerprint density at radius 3 is 1.97 bits per heavy atom. The Labute approximate surface area is 452 Å². The first-order valence-electron chi connectivity index (χ1n) is 26.1. The van der Waals surface area contributed by atoms with Gasteiger partial charge in [-0.2, -0.15) is 10.2 Å². The van der Waals surface area contributed by atoms with Gasteiger partial charge in [0, 0.05) is 71.3 Å². The highest BCUT2D eigenvalue weighted by atomic mass is 32.2. The number of carbonyl (C=O) groups is 4. The fraction of sp³-hybridized carbons (Fsp3) is 0.500. The molecule has 5 rings (SSSR count). The zero-order valence-electron chi connectivity index (χ0n) is 44.5. The van der Waals surface area contributed by atoms with Gasteiger partial charge in [0.15, 0.2) is 12.1 Å². The molecule has 21 heteroatoms. The van der Waals surface area contributed by atoms with E-state index in [1.165, 1.54) is 19.2 Å². The van der Waals surface area contributed by atoms with Gasteiger partial charge in [0.25, 0.3) is 0 Å². The summed E-state index contributed by atoms with van der Waals surface area (Å²) in [6.45, 7) is 2.89. The lowest BCUT2D eigenvalue weighted by Crippen LogP contribution is -2.55. The first-order chi connectivity index (χ1) is 37.0. The summed E-state index contributed by atoms with van der Waals surface area (Å²) < 4.78 is 56.1. The second kappa shape index (κ2) is 32.8. The first-order valence-corrected chi connectivity index (χ1v) is 27.5. The number of sulfonamides is 1. The van der Waals surface area contributed by atoms with Crippen LogP contribution in [-0.2, 0) is 65.7 Å². The number of carbonyl (C=O) groups excluding carboxylic acids is 4. The number of methoxy groups -OCH3 is 1. The van der Waals surface area contributed by atoms with Crippen molar-refractivity contribution in [1.29, 1.82) is 0 Å². The number of nitrogens with one attached hydrogen (secondary N) is 3. The van der Waals surface area contributed by atoms with Crippen molar-refractivity contribution in [3.63, 3.8) is 0 Å². The minimum Gasteiger partial charge on any atom is -0.390 e. The molecule has 7 N–H and O–H groups in total. The summed E-state index contributed by atoms with van der Waals surface area (Å²) in [5.41, 5.74) is 10.3. The topological polar surface area (TPSA) is 279 Å². The van der Waals surface area contributed by atoms with Gasteiger partial charge in [-0.3, -0.25) is 19.2 Å². The van der Waals surface area contributed by atoms with Crippen molar-refractivity contribution < 1.29 is 61.5 Å². The molecule has 1 saturated heterocycles. The van der Waals surface area contributed by atoms with E-state index >= 15 is 0 Å². The van der Waals surface area contributed by atoms with Crippen LogP contribution < -0.4 is 26.0 Å². The molecule has 1 heterocycles. The third-order valence-corrected chi connectivity index (χ3v) is 14.5. The van der Waals surface area contributed by atoms with Crippen LogP contribution in [0.25, 0.3) is 0 Å². The highest BCUT2D eigenvalue weighted by Gasteiger charge is 2.42. The number of benzene rings is 4. The van der Waals surface area contributed by atoms with Crippen LogP contribution in [0.3, 0.4) is 0 Å². The summed E-state index contributed by atoms with van der Waals surface area (Å²) in [4.78, 5) is 55.9. The highest BCUT2D eigenvalue weighted by Crippen LogP contribution is 2.27. The van der Waals surface area contributed by atoms with Gasteiger partial charge >= 0.3 is 0 Å². The molecule has 20 nitrogen and oxygen atoms in total. The number of Topliss-reactive ketones (excluding diaryl/α,β-unsaturated/α-hetero) is 2. The molecule has 0 aliphatic carbocycles. The highest BCUT2D eigenvalue weighted by molar-refractivity contribution is 7.89. The molecule has 2 amide bonds. The predicted octanol–water partition coefficient (Wildman–Crippen LogP) is 4.73. The number of nitrogens with two attached hydrogens (primary N) is 1. The number of anilines is 1. The molecule has 2 unspecified atom stereocenters. The van der Waals surface area contributed by atoms with Gasteiger partial charge in [0.2, 0.25) is 21.8 Å². The largest absolute Gasteiger partial charge is 0.390 e. The lowest BCUT2D eigenvalue weighted by molar-refractivity contribution is -0.282. The number of aliphatic hydroxyl groups is 2. The number of amides is 2. The molecule has 420 valence electrons. The monoisotopic (exact) mass is 1090 g/mol. The molecule has 4 aromatic carbocycles. The average molecular weight is 1090 g/mol. The van der Waals surface area contributed by atoms with Gasteiger partial charge in [0.05, 0.1) is 67.0 Å². The zero-order chi connectivity index (χ0) is 55.6. The van der Waals surface area contributed by atoms with Crippen LogP contribution in [0.15, 0.2) is 124 Å². The smallest absolute Gasteiger partial charge is 0.246 e.